The second kappa shape index (κ2) is 7.71. The molecule has 0 spiro atoms. The van der Waals surface area contributed by atoms with E-state index in [4.69, 9.17) is 4.74 Å². The number of rotatable bonds is 6. The number of carbonyl (C=O) groups excluding carboxylic acids is 1. The molecular weight excluding hydrogens is 214 g/mol. The molecule has 94 valence electrons. The van der Waals surface area contributed by atoms with Crippen LogP contribution in [0.15, 0.2) is 30.3 Å². The Labute approximate surface area is 103 Å². The highest BCUT2D eigenvalue weighted by Gasteiger charge is 2.11. The van der Waals surface area contributed by atoms with Gasteiger partial charge in [-0.3, -0.25) is 0 Å². The molecule has 0 atom stereocenters. The highest BCUT2D eigenvalue weighted by atomic mass is 16.6. The Morgan fingerprint density at radius 3 is 2.53 bits per heavy atom. The van der Waals surface area contributed by atoms with E-state index >= 15 is 0 Å². The largest absolute Gasteiger partial charge is 0.450 e. The van der Waals surface area contributed by atoms with Crippen LogP contribution >= 0.6 is 0 Å². The van der Waals surface area contributed by atoms with E-state index in [1.165, 1.54) is 5.56 Å². The summed E-state index contributed by atoms with van der Waals surface area (Å²) in [5.74, 6) is 0. The maximum atomic E-state index is 11.5. The number of nitrogens with zero attached hydrogens (tertiary/aromatic N) is 1. The molecule has 0 aliphatic heterocycles. The van der Waals surface area contributed by atoms with Gasteiger partial charge in [-0.2, -0.15) is 0 Å². The lowest BCUT2D eigenvalue weighted by Crippen LogP contribution is -2.32. The number of ether oxygens (including phenoxy) is 1. The average molecular weight is 235 g/mol. The van der Waals surface area contributed by atoms with Crippen molar-refractivity contribution in [1.82, 2.24) is 4.90 Å². The normalized spacial score (nSPS) is 10.0. The minimum absolute atomic E-state index is 0.205. The molecule has 0 bridgehead atoms. The Morgan fingerprint density at radius 1 is 1.24 bits per heavy atom. The minimum atomic E-state index is -0.205. The number of aryl methyl sites for hydroxylation is 1. The first kappa shape index (κ1) is 13.6. The van der Waals surface area contributed by atoms with Gasteiger partial charge < -0.3 is 9.64 Å². The molecule has 1 rings (SSSR count). The molecule has 0 heterocycles. The fraction of sp³-hybridized carbons (Fsp3) is 0.500. The topological polar surface area (TPSA) is 29.5 Å². The highest BCUT2D eigenvalue weighted by molar-refractivity contribution is 5.67. The molecule has 1 aromatic rings. The van der Waals surface area contributed by atoms with Crippen molar-refractivity contribution < 1.29 is 9.53 Å². The Morgan fingerprint density at radius 2 is 1.94 bits per heavy atom. The van der Waals surface area contributed by atoms with Crippen molar-refractivity contribution in [3.05, 3.63) is 35.9 Å². The number of benzene rings is 1. The lowest BCUT2D eigenvalue weighted by atomic mass is 10.1. The first-order chi connectivity index (χ1) is 8.27. The van der Waals surface area contributed by atoms with Gasteiger partial charge in [0.2, 0.25) is 0 Å². The fourth-order valence-electron chi connectivity index (χ4n) is 1.71. The van der Waals surface area contributed by atoms with Gasteiger partial charge in [0.15, 0.2) is 0 Å². The van der Waals surface area contributed by atoms with Gasteiger partial charge in [-0.05, 0) is 32.3 Å². The fourth-order valence-corrected chi connectivity index (χ4v) is 1.71. The first-order valence-corrected chi connectivity index (χ1v) is 6.23. The molecule has 1 aromatic carbocycles. The van der Waals surface area contributed by atoms with Gasteiger partial charge >= 0.3 is 6.09 Å². The number of amides is 1. The summed E-state index contributed by atoms with van der Waals surface area (Å²) in [5.41, 5.74) is 1.31. The van der Waals surface area contributed by atoms with E-state index in [9.17, 15) is 4.79 Å². The van der Waals surface area contributed by atoms with E-state index in [1.54, 1.807) is 4.90 Å². The molecule has 3 heteroatoms. The summed E-state index contributed by atoms with van der Waals surface area (Å²) < 4.78 is 4.98. The highest BCUT2D eigenvalue weighted by Crippen LogP contribution is 2.04. The lowest BCUT2D eigenvalue weighted by Gasteiger charge is -2.19. The summed E-state index contributed by atoms with van der Waals surface area (Å²) in [7, 11) is 0. The van der Waals surface area contributed by atoms with E-state index in [2.05, 4.69) is 12.1 Å². The summed E-state index contributed by atoms with van der Waals surface area (Å²) in [5, 5.41) is 0. The van der Waals surface area contributed by atoms with Crippen molar-refractivity contribution >= 4 is 6.09 Å². The van der Waals surface area contributed by atoms with E-state index in [0.717, 1.165) is 19.4 Å². The van der Waals surface area contributed by atoms with E-state index < -0.39 is 0 Å². The lowest BCUT2D eigenvalue weighted by molar-refractivity contribution is 0.109. The standard InChI is InChI=1S/C14H21NO2/c1-3-15(14(16)17-4-2)12-8-11-13-9-6-5-7-10-13/h5-7,9-10H,3-4,8,11-12H2,1-2H3. The molecule has 0 aliphatic carbocycles. The predicted octanol–water partition coefficient (Wildman–Crippen LogP) is 3.10. The van der Waals surface area contributed by atoms with Gasteiger partial charge in [0.05, 0.1) is 6.61 Å². The summed E-state index contributed by atoms with van der Waals surface area (Å²) in [4.78, 5) is 13.3. The van der Waals surface area contributed by atoms with Crippen LogP contribution in [0.3, 0.4) is 0 Å². The molecule has 0 radical (unpaired) electrons. The molecule has 0 aliphatic rings. The second-order valence-corrected chi connectivity index (χ2v) is 3.87. The smallest absolute Gasteiger partial charge is 0.409 e. The quantitative estimate of drug-likeness (QED) is 0.758. The molecular formula is C14H21NO2. The molecule has 0 N–H and O–H groups in total. The van der Waals surface area contributed by atoms with E-state index in [-0.39, 0.29) is 6.09 Å². The summed E-state index contributed by atoms with van der Waals surface area (Å²) >= 11 is 0. The van der Waals surface area contributed by atoms with Crippen LogP contribution in [0.2, 0.25) is 0 Å². The van der Waals surface area contributed by atoms with Crippen LogP contribution in [0.1, 0.15) is 25.8 Å². The van der Waals surface area contributed by atoms with Gasteiger partial charge in [0.25, 0.3) is 0 Å². The summed E-state index contributed by atoms with van der Waals surface area (Å²) in [6.45, 7) is 5.70. The van der Waals surface area contributed by atoms with Gasteiger partial charge in [0.1, 0.15) is 0 Å². The molecule has 0 aromatic heterocycles. The Balaban J connectivity index is 2.31. The van der Waals surface area contributed by atoms with Crippen molar-refractivity contribution in [1.29, 1.82) is 0 Å². The van der Waals surface area contributed by atoms with Crippen LogP contribution in [0, 0.1) is 0 Å². The van der Waals surface area contributed by atoms with E-state index in [1.807, 2.05) is 32.0 Å². The Bertz CT molecular complexity index is 324. The Kier molecular flexibility index (Phi) is 6.15. The zero-order chi connectivity index (χ0) is 12.5. The molecule has 0 saturated heterocycles. The van der Waals surface area contributed by atoms with Crippen molar-refractivity contribution in [3.8, 4) is 0 Å². The average Bonchev–Trinajstić information content (AvgIpc) is 2.36. The molecule has 3 nitrogen and oxygen atoms in total. The monoisotopic (exact) mass is 235 g/mol. The van der Waals surface area contributed by atoms with Crippen molar-refractivity contribution in [2.24, 2.45) is 0 Å². The van der Waals surface area contributed by atoms with Crippen LogP contribution in [0.5, 0.6) is 0 Å². The first-order valence-electron chi connectivity index (χ1n) is 6.23. The van der Waals surface area contributed by atoms with Crippen molar-refractivity contribution in [2.45, 2.75) is 26.7 Å². The molecule has 17 heavy (non-hydrogen) atoms. The number of hydrogen-bond acceptors (Lipinski definition) is 2. The third kappa shape index (κ3) is 4.89. The molecule has 1 amide bonds. The van der Waals surface area contributed by atoms with Gasteiger partial charge in [-0.25, -0.2) is 4.79 Å². The van der Waals surface area contributed by atoms with Crippen molar-refractivity contribution in [2.75, 3.05) is 19.7 Å². The Hall–Kier alpha value is -1.51. The zero-order valence-electron chi connectivity index (χ0n) is 10.7. The van der Waals surface area contributed by atoms with E-state index in [0.29, 0.717) is 13.2 Å². The summed E-state index contributed by atoms with van der Waals surface area (Å²) in [6, 6.07) is 10.3. The SMILES string of the molecule is CCOC(=O)N(CC)CCCc1ccccc1. The summed E-state index contributed by atoms with van der Waals surface area (Å²) in [6.07, 6.45) is 1.76. The number of hydrogen-bond donors (Lipinski definition) is 0. The zero-order valence-corrected chi connectivity index (χ0v) is 10.7. The molecule has 0 unspecified atom stereocenters. The van der Waals surface area contributed by atoms with Gasteiger partial charge in [0, 0.05) is 13.1 Å². The minimum Gasteiger partial charge on any atom is -0.450 e. The third-order valence-electron chi connectivity index (χ3n) is 2.64. The maximum Gasteiger partial charge on any atom is 0.409 e. The third-order valence-corrected chi connectivity index (χ3v) is 2.64. The van der Waals surface area contributed by atoms with Crippen molar-refractivity contribution in [3.63, 3.8) is 0 Å². The molecule has 0 fully saturated rings. The van der Waals surface area contributed by atoms with Crippen LogP contribution < -0.4 is 0 Å². The number of carbonyl (C=O) groups is 1. The van der Waals surface area contributed by atoms with Gasteiger partial charge in [-0.15, -0.1) is 0 Å². The van der Waals surface area contributed by atoms with Gasteiger partial charge in [-0.1, -0.05) is 30.3 Å². The van der Waals surface area contributed by atoms with Crippen LogP contribution in [0.4, 0.5) is 4.79 Å². The molecule has 0 saturated carbocycles. The van der Waals surface area contributed by atoms with Crippen LogP contribution in [-0.2, 0) is 11.2 Å². The second-order valence-electron chi connectivity index (χ2n) is 3.87. The van der Waals surface area contributed by atoms with Crippen LogP contribution in [0.25, 0.3) is 0 Å². The maximum absolute atomic E-state index is 11.5. The predicted molar refractivity (Wildman–Crippen MR) is 69.0 cm³/mol. The van der Waals surface area contributed by atoms with Crippen LogP contribution in [-0.4, -0.2) is 30.7 Å².